The molecule has 0 spiro atoms. The lowest BCUT2D eigenvalue weighted by molar-refractivity contribution is 0.0355. The third kappa shape index (κ3) is 3.28. The molecule has 1 aliphatic rings. The molecule has 3 aromatic rings. The molecule has 1 unspecified atom stereocenters. The first kappa shape index (κ1) is 15.8. The van der Waals surface area contributed by atoms with Crippen LogP contribution >= 0.6 is 0 Å². The molecular weight excluding hydrogens is 316 g/mol. The van der Waals surface area contributed by atoms with E-state index in [1.54, 1.807) is 12.1 Å². The van der Waals surface area contributed by atoms with Gasteiger partial charge < -0.3 is 14.5 Å². The minimum Gasteiger partial charge on any atom is -0.436 e. The Bertz CT molecular complexity index is 915. The SMILES string of the molecule is CC1(C)CC(NC(=O)c2ccc3nc(-c4ccccc4)oc3c2)CO1. The molecule has 1 aromatic heterocycles. The highest BCUT2D eigenvalue weighted by molar-refractivity contribution is 5.97. The van der Waals surface area contributed by atoms with Gasteiger partial charge in [0.05, 0.1) is 18.2 Å². The predicted molar refractivity (Wildman–Crippen MR) is 95.3 cm³/mol. The Hall–Kier alpha value is -2.66. The number of hydrogen-bond acceptors (Lipinski definition) is 4. The molecule has 5 nitrogen and oxygen atoms in total. The molecular formula is C20H20N2O3. The van der Waals surface area contributed by atoms with Crippen molar-refractivity contribution in [3.8, 4) is 11.5 Å². The van der Waals surface area contributed by atoms with Crippen LogP contribution in [0.1, 0.15) is 30.6 Å². The lowest BCUT2D eigenvalue weighted by atomic mass is 10.0. The van der Waals surface area contributed by atoms with Gasteiger partial charge in [0, 0.05) is 11.1 Å². The van der Waals surface area contributed by atoms with E-state index < -0.39 is 0 Å². The van der Waals surface area contributed by atoms with Crippen molar-refractivity contribution in [1.29, 1.82) is 0 Å². The summed E-state index contributed by atoms with van der Waals surface area (Å²) in [4.78, 5) is 17.0. The summed E-state index contributed by atoms with van der Waals surface area (Å²) in [6, 6.07) is 15.1. The van der Waals surface area contributed by atoms with Crippen LogP contribution < -0.4 is 5.32 Å². The summed E-state index contributed by atoms with van der Waals surface area (Å²) < 4.78 is 11.5. The summed E-state index contributed by atoms with van der Waals surface area (Å²) in [6.07, 6.45) is 0.807. The summed E-state index contributed by atoms with van der Waals surface area (Å²) in [5, 5.41) is 3.03. The molecule has 1 aliphatic heterocycles. The van der Waals surface area contributed by atoms with Gasteiger partial charge in [0.1, 0.15) is 5.52 Å². The maximum Gasteiger partial charge on any atom is 0.251 e. The highest BCUT2D eigenvalue weighted by Gasteiger charge is 2.32. The van der Waals surface area contributed by atoms with Gasteiger partial charge in [-0.2, -0.15) is 0 Å². The van der Waals surface area contributed by atoms with Crippen LogP contribution in [-0.4, -0.2) is 29.1 Å². The zero-order chi connectivity index (χ0) is 17.4. The molecule has 2 aromatic carbocycles. The van der Waals surface area contributed by atoms with Crippen molar-refractivity contribution >= 4 is 17.0 Å². The summed E-state index contributed by atoms with van der Waals surface area (Å²) in [7, 11) is 0. The fourth-order valence-corrected chi connectivity index (χ4v) is 3.17. The Morgan fingerprint density at radius 1 is 1.20 bits per heavy atom. The monoisotopic (exact) mass is 336 g/mol. The van der Waals surface area contributed by atoms with Crippen molar-refractivity contribution in [3.05, 3.63) is 54.1 Å². The number of fused-ring (bicyclic) bond motifs is 1. The van der Waals surface area contributed by atoms with E-state index in [1.807, 2.05) is 50.2 Å². The fourth-order valence-electron chi connectivity index (χ4n) is 3.17. The molecule has 0 bridgehead atoms. The van der Waals surface area contributed by atoms with Crippen molar-refractivity contribution in [2.45, 2.75) is 31.9 Å². The van der Waals surface area contributed by atoms with E-state index in [-0.39, 0.29) is 17.6 Å². The van der Waals surface area contributed by atoms with Gasteiger partial charge in [-0.3, -0.25) is 4.79 Å². The number of amides is 1. The number of nitrogens with one attached hydrogen (secondary N) is 1. The lowest BCUT2D eigenvalue weighted by Gasteiger charge is -2.16. The first-order valence-electron chi connectivity index (χ1n) is 8.41. The second-order valence-electron chi connectivity index (χ2n) is 7.01. The van der Waals surface area contributed by atoms with E-state index in [0.717, 1.165) is 17.5 Å². The molecule has 1 saturated heterocycles. The van der Waals surface area contributed by atoms with E-state index in [2.05, 4.69) is 10.3 Å². The number of aromatic nitrogens is 1. The Kier molecular flexibility index (Phi) is 3.81. The highest BCUT2D eigenvalue weighted by Crippen LogP contribution is 2.26. The van der Waals surface area contributed by atoms with E-state index >= 15 is 0 Å². The fraction of sp³-hybridized carbons (Fsp3) is 0.300. The lowest BCUT2D eigenvalue weighted by Crippen LogP contribution is -2.35. The van der Waals surface area contributed by atoms with Crippen LogP contribution in [0, 0.1) is 0 Å². The molecule has 0 saturated carbocycles. The van der Waals surface area contributed by atoms with Gasteiger partial charge in [-0.05, 0) is 50.6 Å². The van der Waals surface area contributed by atoms with Crippen molar-refractivity contribution < 1.29 is 13.9 Å². The molecule has 2 heterocycles. The third-order valence-electron chi connectivity index (χ3n) is 4.42. The van der Waals surface area contributed by atoms with Crippen LogP contribution in [0.3, 0.4) is 0 Å². The van der Waals surface area contributed by atoms with E-state index in [0.29, 0.717) is 23.6 Å². The maximum atomic E-state index is 12.5. The number of nitrogens with zero attached hydrogens (tertiary/aromatic N) is 1. The third-order valence-corrected chi connectivity index (χ3v) is 4.42. The van der Waals surface area contributed by atoms with E-state index in [1.165, 1.54) is 0 Å². The van der Waals surface area contributed by atoms with Gasteiger partial charge in [0.25, 0.3) is 5.91 Å². The second kappa shape index (κ2) is 6.01. The van der Waals surface area contributed by atoms with Crippen LogP contribution in [0.5, 0.6) is 0 Å². The maximum absolute atomic E-state index is 12.5. The molecule has 1 amide bonds. The van der Waals surface area contributed by atoms with Crippen molar-refractivity contribution in [2.24, 2.45) is 0 Å². The van der Waals surface area contributed by atoms with Gasteiger partial charge in [0.15, 0.2) is 5.58 Å². The van der Waals surface area contributed by atoms with Crippen LogP contribution in [0.15, 0.2) is 52.9 Å². The van der Waals surface area contributed by atoms with Crippen molar-refractivity contribution in [3.63, 3.8) is 0 Å². The van der Waals surface area contributed by atoms with Gasteiger partial charge in [-0.25, -0.2) is 4.98 Å². The summed E-state index contributed by atoms with van der Waals surface area (Å²) in [6.45, 7) is 4.61. The predicted octanol–water partition coefficient (Wildman–Crippen LogP) is 3.79. The molecule has 1 fully saturated rings. The first-order chi connectivity index (χ1) is 12.0. The van der Waals surface area contributed by atoms with Crippen LogP contribution in [-0.2, 0) is 4.74 Å². The minimum absolute atomic E-state index is 0.0350. The van der Waals surface area contributed by atoms with Gasteiger partial charge in [0.2, 0.25) is 5.89 Å². The molecule has 128 valence electrons. The highest BCUT2D eigenvalue weighted by atomic mass is 16.5. The topological polar surface area (TPSA) is 64.4 Å². The van der Waals surface area contributed by atoms with Crippen molar-refractivity contribution in [1.82, 2.24) is 10.3 Å². The largest absolute Gasteiger partial charge is 0.436 e. The number of hydrogen-bond donors (Lipinski definition) is 1. The molecule has 0 aliphatic carbocycles. The summed E-state index contributed by atoms with van der Waals surface area (Å²) in [5.41, 5.74) is 2.63. The first-order valence-corrected chi connectivity index (χ1v) is 8.41. The van der Waals surface area contributed by atoms with Gasteiger partial charge in [-0.15, -0.1) is 0 Å². The quantitative estimate of drug-likeness (QED) is 0.790. The Labute approximate surface area is 146 Å². The number of carbonyl (C=O) groups excluding carboxylic acids is 1. The molecule has 5 heteroatoms. The standard InChI is InChI=1S/C20H20N2O3/c1-20(2)11-15(12-24-20)21-18(23)14-8-9-16-17(10-14)25-19(22-16)13-6-4-3-5-7-13/h3-10,15H,11-12H2,1-2H3,(H,21,23). The molecule has 1 N–H and O–H groups in total. The zero-order valence-electron chi connectivity index (χ0n) is 14.3. The van der Waals surface area contributed by atoms with Crippen LogP contribution in [0.25, 0.3) is 22.6 Å². The number of rotatable bonds is 3. The molecule has 25 heavy (non-hydrogen) atoms. The zero-order valence-corrected chi connectivity index (χ0v) is 14.3. The Morgan fingerprint density at radius 2 is 2.00 bits per heavy atom. The molecule has 4 rings (SSSR count). The van der Waals surface area contributed by atoms with Crippen molar-refractivity contribution in [2.75, 3.05) is 6.61 Å². The minimum atomic E-state index is -0.183. The number of carbonyl (C=O) groups is 1. The van der Waals surface area contributed by atoms with Crippen LogP contribution in [0.2, 0.25) is 0 Å². The number of benzene rings is 2. The summed E-state index contributed by atoms with van der Waals surface area (Å²) in [5.74, 6) is 0.435. The number of oxazole rings is 1. The van der Waals surface area contributed by atoms with Gasteiger partial charge >= 0.3 is 0 Å². The Morgan fingerprint density at radius 3 is 2.72 bits per heavy atom. The molecule has 0 radical (unpaired) electrons. The van der Waals surface area contributed by atoms with Crippen LogP contribution in [0.4, 0.5) is 0 Å². The second-order valence-corrected chi connectivity index (χ2v) is 7.01. The molecule has 1 atom stereocenters. The number of ether oxygens (including phenoxy) is 1. The van der Waals surface area contributed by atoms with E-state index in [4.69, 9.17) is 9.15 Å². The average molecular weight is 336 g/mol. The smallest absolute Gasteiger partial charge is 0.251 e. The van der Waals surface area contributed by atoms with Gasteiger partial charge in [-0.1, -0.05) is 18.2 Å². The average Bonchev–Trinajstić information content (AvgIpc) is 3.17. The normalized spacial score (nSPS) is 19.2. The van der Waals surface area contributed by atoms with E-state index in [9.17, 15) is 4.79 Å². The summed E-state index contributed by atoms with van der Waals surface area (Å²) >= 11 is 0. The Balaban J connectivity index is 1.56.